The Morgan fingerprint density at radius 2 is 1.94 bits per heavy atom. The number of hydrogen-bond acceptors (Lipinski definition) is 2. The smallest absolute Gasteiger partial charge is 0.0644 e. The van der Waals surface area contributed by atoms with Crippen molar-refractivity contribution in [1.29, 1.82) is 0 Å². The molecule has 2 aromatic rings. The van der Waals surface area contributed by atoms with Gasteiger partial charge in [0, 0.05) is 23.8 Å². The monoisotopic (exact) mass is 249 g/mol. The van der Waals surface area contributed by atoms with Crippen LogP contribution in [0.4, 0.5) is 0 Å². The highest BCUT2D eigenvalue weighted by molar-refractivity contribution is 6.30. The zero-order valence-electron chi connectivity index (χ0n) is 10.2. The van der Waals surface area contributed by atoms with Gasteiger partial charge in [-0.1, -0.05) is 23.7 Å². The van der Waals surface area contributed by atoms with Crippen LogP contribution < -0.4 is 5.32 Å². The Morgan fingerprint density at radius 3 is 2.41 bits per heavy atom. The van der Waals surface area contributed by atoms with Crippen LogP contribution in [0.2, 0.25) is 5.02 Å². The lowest BCUT2D eigenvalue weighted by Gasteiger charge is -2.16. The van der Waals surface area contributed by atoms with Gasteiger partial charge in [0.2, 0.25) is 0 Å². The largest absolute Gasteiger partial charge is 0.309 e. The summed E-state index contributed by atoms with van der Waals surface area (Å²) in [6.07, 6.45) is 2.05. The molecule has 1 aromatic carbocycles. The van der Waals surface area contributed by atoms with Crippen LogP contribution in [0.25, 0.3) is 0 Å². The van der Waals surface area contributed by atoms with Crippen molar-refractivity contribution < 1.29 is 0 Å². The Bertz CT molecular complexity index is 502. The fourth-order valence-corrected chi connectivity index (χ4v) is 2.18. The molecule has 2 rings (SSSR count). The highest BCUT2D eigenvalue weighted by Crippen LogP contribution is 2.24. The second-order valence-corrected chi connectivity index (χ2v) is 4.55. The molecule has 0 amide bonds. The minimum absolute atomic E-state index is 0.154. The molecule has 0 bridgehead atoms. The Hall–Kier alpha value is -1.32. The van der Waals surface area contributed by atoms with Crippen LogP contribution in [0.5, 0.6) is 0 Å². The van der Waals surface area contributed by atoms with Gasteiger partial charge in [-0.15, -0.1) is 0 Å². The maximum Gasteiger partial charge on any atom is 0.0644 e. The standard InChI is InChI=1S/C13H16ClN3/c1-9-12(8-17(3)16-9)13(15-2)10-4-6-11(14)7-5-10/h4-8,13,15H,1-3H3. The summed E-state index contributed by atoms with van der Waals surface area (Å²) in [5.74, 6) is 0. The topological polar surface area (TPSA) is 29.9 Å². The highest BCUT2D eigenvalue weighted by Gasteiger charge is 2.16. The highest BCUT2D eigenvalue weighted by atomic mass is 35.5. The van der Waals surface area contributed by atoms with E-state index in [9.17, 15) is 0 Å². The summed E-state index contributed by atoms with van der Waals surface area (Å²) in [6.45, 7) is 2.02. The Labute approximate surface area is 106 Å². The molecule has 0 saturated carbocycles. The van der Waals surface area contributed by atoms with Crippen molar-refractivity contribution in [2.45, 2.75) is 13.0 Å². The second kappa shape index (κ2) is 4.90. The van der Waals surface area contributed by atoms with E-state index in [1.54, 1.807) is 0 Å². The van der Waals surface area contributed by atoms with E-state index in [1.807, 2.05) is 56.2 Å². The molecule has 1 unspecified atom stereocenters. The lowest BCUT2D eigenvalue weighted by molar-refractivity contribution is 0.687. The van der Waals surface area contributed by atoms with Crippen molar-refractivity contribution in [2.24, 2.45) is 7.05 Å². The Balaban J connectivity index is 2.39. The first-order valence-corrected chi connectivity index (χ1v) is 5.92. The Morgan fingerprint density at radius 1 is 1.29 bits per heavy atom. The number of aromatic nitrogens is 2. The fourth-order valence-electron chi connectivity index (χ4n) is 2.06. The predicted molar refractivity (Wildman–Crippen MR) is 70.3 cm³/mol. The molecule has 1 heterocycles. The van der Waals surface area contributed by atoms with Crippen LogP contribution in [0.3, 0.4) is 0 Å². The molecule has 0 aliphatic heterocycles. The van der Waals surface area contributed by atoms with Gasteiger partial charge in [-0.05, 0) is 31.7 Å². The molecular formula is C13H16ClN3. The van der Waals surface area contributed by atoms with Crippen molar-refractivity contribution in [3.63, 3.8) is 0 Å². The van der Waals surface area contributed by atoms with Crippen LogP contribution in [0.1, 0.15) is 22.9 Å². The average molecular weight is 250 g/mol. The van der Waals surface area contributed by atoms with Crippen molar-refractivity contribution >= 4 is 11.6 Å². The molecule has 3 nitrogen and oxygen atoms in total. The van der Waals surface area contributed by atoms with Crippen molar-refractivity contribution in [3.05, 3.63) is 52.3 Å². The molecule has 1 atom stereocenters. The fraction of sp³-hybridized carbons (Fsp3) is 0.308. The summed E-state index contributed by atoms with van der Waals surface area (Å²) >= 11 is 5.90. The van der Waals surface area contributed by atoms with E-state index in [-0.39, 0.29) is 6.04 Å². The van der Waals surface area contributed by atoms with E-state index >= 15 is 0 Å². The van der Waals surface area contributed by atoms with Crippen LogP contribution in [-0.4, -0.2) is 16.8 Å². The van der Waals surface area contributed by atoms with Gasteiger partial charge in [-0.25, -0.2) is 0 Å². The third-order valence-corrected chi connectivity index (χ3v) is 3.11. The summed E-state index contributed by atoms with van der Waals surface area (Å²) in [6, 6.07) is 8.05. The summed E-state index contributed by atoms with van der Waals surface area (Å²) in [5.41, 5.74) is 3.42. The maximum absolute atomic E-state index is 5.90. The predicted octanol–water partition coefficient (Wildman–Crippen LogP) is 2.69. The first-order valence-electron chi connectivity index (χ1n) is 5.54. The Kier molecular flexibility index (Phi) is 3.50. The lowest BCUT2D eigenvalue weighted by Crippen LogP contribution is -2.17. The molecule has 0 saturated heterocycles. The van der Waals surface area contributed by atoms with E-state index in [4.69, 9.17) is 11.6 Å². The van der Waals surface area contributed by atoms with Crippen molar-refractivity contribution in [2.75, 3.05) is 7.05 Å². The zero-order chi connectivity index (χ0) is 12.4. The number of aryl methyl sites for hydroxylation is 2. The van der Waals surface area contributed by atoms with Crippen LogP contribution in [-0.2, 0) is 7.05 Å². The number of nitrogens with one attached hydrogen (secondary N) is 1. The molecule has 0 aliphatic rings. The second-order valence-electron chi connectivity index (χ2n) is 4.12. The molecule has 0 spiro atoms. The molecule has 0 radical (unpaired) electrons. The summed E-state index contributed by atoms with van der Waals surface area (Å²) in [5, 5.41) is 8.44. The van der Waals surface area contributed by atoms with Crippen LogP contribution >= 0.6 is 11.6 Å². The van der Waals surface area contributed by atoms with Gasteiger partial charge in [0.05, 0.1) is 11.7 Å². The summed E-state index contributed by atoms with van der Waals surface area (Å²) in [7, 11) is 3.89. The van der Waals surface area contributed by atoms with E-state index in [0.29, 0.717) is 0 Å². The van der Waals surface area contributed by atoms with Gasteiger partial charge in [0.25, 0.3) is 0 Å². The van der Waals surface area contributed by atoms with Crippen LogP contribution in [0.15, 0.2) is 30.5 Å². The molecular weight excluding hydrogens is 234 g/mol. The van der Waals surface area contributed by atoms with Crippen molar-refractivity contribution in [3.8, 4) is 0 Å². The summed E-state index contributed by atoms with van der Waals surface area (Å²) < 4.78 is 1.84. The van der Waals surface area contributed by atoms with E-state index < -0.39 is 0 Å². The van der Waals surface area contributed by atoms with Gasteiger partial charge >= 0.3 is 0 Å². The third-order valence-electron chi connectivity index (χ3n) is 2.85. The molecule has 4 heteroatoms. The van der Waals surface area contributed by atoms with E-state index in [2.05, 4.69) is 10.4 Å². The quantitative estimate of drug-likeness (QED) is 0.907. The lowest BCUT2D eigenvalue weighted by atomic mass is 10.00. The van der Waals surface area contributed by atoms with Gasteiger partial charge in [0.1, 0.15) is 0 Å². The normalized spacial score (nSPS) is 12.7. The SMILES string of the molecule is CNC(c1ccc(Cl)cc1)c1cn(C)nc1C. The van der Waals surface area contributed by atoms with Gasteiger partial charge < -0.3 is 5.32 Å². The minimum Gasteiger partial charge on any atom is -0.309 e. The average Bonchev–Trinajstić information content (AvgIpc) is 2.62. The van der Waals surface area contributed by atoms with Crippen molar-refractivity contribution in [1.82, 2.24) is 15.1 Å². The van der Waals surface area contributed by atoms with E-state index in [0.717, 1.165) is 10.7 Å². The summed E-state index contributed by atoms with van der Waals surface area (Å²) in [4.78, 5) is 0. The first-order chi connectivity index (χ1) is 8.11. The molecule has 1 aromatic heterocycles. The van der Waals surface area contributed by atoms with Crippen LogP contribution in [0, 0.1) is 6.92 Å². The molecule has 17 heavy (non-hydrogen) atoms. The number of benzene rings is 1. The molecule has 1 N–H and O–H groups in total. The molecule has 0 aliphatic carbocycles. The minimum atomic E-state index is 0.154. The number of rotatable bonds is 3. The van der Waals surface area contributed by atoms with Gasteiger partial charge in [0.15, 0.2) is 0 Å². The van der Waals surface area contributed by atoms with Gasteiger partial charge in [-0.2, -0.15) is 5.10 Å². The third kappa shape index (κ3) is 2.51. The van der Waals surface area contributed by atoms with Gasteiger partial charge in [-0.3, -0.25) is 4.68 Å². The maximum atomic E-state index is 5.90. The van der Waals surface area contributed by atoms with E-state index in [1.165, 1.54) is 11.1 Å². The number of halogens is 1. The molecule has 0 fully saturated rings. The molecule has 90 valence electrons. The number of hydrogen-bond donors (Lipinski definition) is 1. The first kappa shape index (κ1) is 12.1. The number of nitrogens with zero attached hydrogens (tertiary/aromatic N) is 2. The zero-order valence-corrected chi connectivity index (χ0v) is 11.0.